The van der Waals surface area contributed by atoms with Crippen LogP contribution in [0.4, 0.5) is 4.39 Å². The first-order chi connectivity index (χ1) is 21.9. The fourth-order valence-electron chi connectivity index (χ4n) is 5.49. The molecule has 10 heteroatoms. The number of amides is 2. The standard InChI is InChI=1S/C35H32FN5O4/c36-25-19-29(35(38-20-25)45-28-5-3-4-24(18-28)23-10-8-22(9-11-23)16-17-42)33(43)39-26-12-14-27(15-13-26)40-34(44)32-21-37-30-6-1-2-7-31(30)41-32/h1-11,18-21,26-27,42H,12-17H2,(H,39,43)(H,40,44). The van der Waals surface area contributed by atoms with Crippen molar-refractivity contribution in [2.45, 2.75) is 44.2 Å². The summed E-state index contributed by atoms with van der Waals surface area (Å²) in [6, 6.07) is 23.5. The molecule has 1 aliphatic carbocycles. The van der Waals surface area contributed by atoms with E-state index in [0.29, 0.717) is 43.4 Å². The summed E-state index contributed by atoms with van der Waals surface area (Å²) in [7, 11) is 0. The minimum absolute atomic E-state index is 0.000866. The average molecular weight is 606 g/mol. The Labute approximate surface area is 259 Å². The molecule has 0 radical (unpaired) electrons. The van der Waals surface area contributed by atoms with Crippen LogP contribution in [-0.2, 0) is 6.42 Å². The van der Waals surface area contributed by atoms with Gasteiger partial charge in [-0.25, -0.2) is 14.4 Å². The molecular formula is C35H32FN5O4. The number of pyridine rings is 1. The van der Waals surface area contributed by atoms with Crippen LogP contribution in [0.2, 0.25) is 0 Å². The zero-order valence-corrected chi connectivity index (χ0v) is 24.4. The van der Waals surface area contributed by atoms with E-state index in [2.05, 4.69) is 25.6 Å². The molecule has 0 bridgehead atoms. The second-order valence-electron chi connectivity index (χ2n) is 11.0. The molecule has 0 unspecified atom stereocenters. The number of halogens is 1. The molecule has 5 aromatic rings. The molecule has 3 N–H and O–H groups in total. The lowest BCUT2D eigenvalue weighted by atomic mass is 9.91. The normalized spacial score (nSPS) is 16.2. The quantitative estimate of drug-likeness (QED) is 0.199. The summed E-state index contributed by atoms with van der Waals surface area (Å²) in [5.41, 5.74) is 4.53. The van der Waals surface area contributed by atoms with Gasteiger partial charge in [-0.2, -0.15) is 0 Å². The van der Waals surface area contributed by atoms with E-state index in [1.54, 1.807) is 6.07 Å². The third-order valence-corrected chi connectivity index (χ3v) is 7.88. The summed E-state index contributed by atoms with van der Waals surface area (Å²) in [5, 5.41) is 15.2. The SMILES string of the molecule is O=C(NC1CCC(NC(=O)c2cc(F)cnc2Oc2cccc(-c3ccc(CCO)cc3)c2)CC1)c1cnc2ccccc2n1. The maximum Gasteiger partial charge on any atom is 0.271 e. The number of fused-ring (bicyclic) bond motifs is 1. The van der Waals surface area contributed by atoms with Gasteiger partial charge in [0.25, 0.3) is 11.8 Å². The van der Waals surface area contributed by atoms with Crippen molar-refractivity contribution in [2.24, 2.45) is 0 Å². The van der Waals surface area contributed by atoms with Crippen LogP contribution in [0.25, 0.3) is 22.2 Å². The highest BCUT2D eigenvalue weighted by Gasteiger charge is 2.26. The number of benzene rings is 3. The average Bonchev–Trinajstić information content (AvgIpc) is 3.07. The summed E-state index contributed by atoms with van der Waals surface area (Å²) in [5.74, 6) is -0.954. The number of carbonyl (C=O) groups excluding carboxylic acids is 2. The second-order valence-corrected chi connectivity index (χ2v) is 11.0. The Morgan fingerprint density at radius 3 is 2.24 bits per heavy atom. The van der Waals surface area contributed by atoms with Crippen molar-refractivity contribution in [2.75, 3.05) is 6.61 Å². The molecule has 2 aromatic heterocycles. The molecule has 6 rings (SSSR count). The molecule has 3 aromatic carbocycles. The fraction of sp³-hybridized carbons (Fsp3) is 0.229. The van der Waals surface area contributed by atoms with Gasteiger partial charge in [-0.15, -0.1) is 0 Å². The van der Waals surface area contributed by atoms with E-state index in [1.165, 1.54) is 6.20 Å². The zero-order chi connectivity index (χ0) is 31.2. The van der Waals surface area contributed by atoms with Crippen molar-refractivity contribution >= 4 is 22.8 Å². The molecular weight excluding hydrogens is 573 g/mol. The first kappa shape index (κ1) is 29.8. The number of hydrogen-bond donors (Lipinski definition) is 3. The maximum absolute atomic E-state index is 14.2. The molecule has 9 nitrogen and oxygen atoms in total. The first-order valence-corrected chi connectivity index (χ1v) is 14.9. The smallest absolute Gasteiger partial charge is 0.271 e. The van der Waals surface area contributed by atoms with E-state index in [1.807, 2.05) is 66.7 Å². The topological polar surface area (TPSA) is 126 Å². The maximum atomic E-state index is 14.2. The van der Waals surface area contributed by atoms with Gasteiger partial charge in [0.1, 0.15) is 22.8 Å². The molecule has 0 aliphatic heterocycles. The Morgan fingerprint density at radius 1 is 0.800 bits per heavy atom. The molecule has 228 valence electrons. The van der Waals surface area contributed by atoms with Crippen LogP contribution in [-0.4, -0.2) is 50.6 Å². The molecule has 1 fully saturated rings. The molecule has 2 heterocycles. The summed E-state index contributed by atoms with van der Waals surface area (Å²) in [6.45, 7) is 0.0888. The highest BCUT2D eigenvalue weighted by Crippen LogP contribution is 2.29. The van der Waals surface area contributed by atoms with Gasteiger partial charge in [0.2, 0.25) is 5.88 Å². The van der Waals surface area contributed by atoms with Crippen molar-refractivity contribution in [1.29, 1.82) is 0 Å². The number of para-hydroxylation sites is 2. The van der Waals surface area contributed by atoms with Crippen LogP contribution in [0.1, 0.15) is 52.1 Å². The lowest BCUT2D eigenvalue weighted by Crippen LogP contribution is -2.44. The van der Waals surface area contributed by atoms with Gasteiger partial charge in [-0.1, -0.05) is 48.5 Å². The fourth-order valence-corrected chi connectivity index (χ4v) is 5.49. The Kier molecular flexibility index (Phi) is 9.02. The number of rotatable bonds is 9. The van der Waals surface area contributed by atoms with Gasteiger partial charge >= 0.3 is 0 Å². The van der Waals surface area contributed by atoms with Crippen LogP contribution in [0.5, 0.6) is 11.6 Å². The molecule has 0 spiro atoms. The van der Waals surface area contributed by atoms with Gasteiger partial charge < -0.3 is 20.5 Å². The molecule has 1 aliphatic rings. The largest absolute Gasteiger partial charge is 0.438 e. The van der Waals surface area contributed by atoms with Gasteiger partial charge in [0.15, 0.2) is 0 Å². The zero-order valence-electron chi connectivity index (χ0n) is 24.4. The van der Waals surface area contributed by atoms with Crippen molar-refractivity contribution in [3.05, 3.63) is 114 Å². The number of aromatic nitrogens is 3. The Morgan fingerprint density at radius 2 is 1.51 bits per heavy atom. The van der Waals surface area contributed by atoms with Crippen molar-refractivity contribution in [1.82, 2.24) is 25.6 Å². The summed E-state index contributed by atoms with van der Waals surface area (Å²) in [4.78, 5) is 38.9. The van der Waals surface area contributed by atoms with E-state index in [4.69, 9.17) is 9.84 Å². The van der Waals surface area contributed by atoms with Crippen LogP contribution in [0, 0.1) is 5.82 Å². The van der Waals surface area contributed by atoms with Crippen LogP contribution < -0.4 is 15.4 Å². The number of aliphatic hydroxyl groups is 1. The highest BCUT2D eigenvalue weighted by atomic mass is 19.1. The predicted molar refractivity (Wildman–Crippen MR) is 167 cm³/mol. The number of hydrogen-bond acceptors (Lipinski definition) is 7. The lowest BCUT2D eigenvalue weighted by Gasteiger charge is -2.29. The van der Waals surface area contributed by atoms with Crippen LogP contribution >= 0.6 is 0 Å². The molecule has 1 saturated carbocycles. The van der Waals surface area contributed by atoms with Gasteiger partial charge in [-0.3, -0.25) is 14.6 Å². The summed E-state index contributed by atoms with van der Waals surface area (Å²) < 4.78 is 20.2. The molecule has 2 amide bonds. The third-order valence-electron chi connectivity index (χ3n) is 7.88. The van der Waals surface area contributed by atoms with Crippen molar-refractivity contribution in [3.63, 3.8) is 0 Å². The third kappa shape index (κ3) is 7.30. The van der Waals surface area contributed by atoms with E-state index >= 15 is 0 Å². The molecule has 0 atom stereocenters. The predicted octanol–water partition coefficient (Wildman–Crippen LogP) is 5.63. The van der Waals surface area contributed by atoms with Crippen molar-refractivity contribution in [3.8, 4) is 22.8 Å². The van der Waals surface area contributed by atoms with Gasteiger partial charge in [0, 0.05) is 18.7 Å². The Balaban J connectivity index is 1.07. The van der Waals surface area contributed by atoms with Crippen molar-refractivity contribution < 1.29 is 23.8 Å². The van der Waals surface area contributed by atoms with E-state index < -0.39 is 11.7 Å². The first-order valence-electron chi connectivity index (χ1n) is 14.9. The minimum Gasteiger partial charge on any atom is -0.438 e. The monoisotopic (exact) mass is 605 g/mol. The number of nitrogens with zero attached hydrogens (tertiary/aromatic N) is 3. The Bertz CT molecular complexity index is 1820. The van der Waals surface area contributed by atoms with Gasteiger partial charge in [0.05, 0.1) is 23.4 Å². The molecule has 0 saturated heterocycles. The molecule has 45 heavy (non-hydrogen) atoms. The minimum atomic E-state index is -0.646. The van der Waals surface area contributed by atoms with Crippen LogP contribution in [0.3, 0.4) is 0 Å². The summed E-state index contributed by atoms with van der Waals surface area (Å²) in [6.07, 6.45) is 5.68. The number of carbonyl (C=O) groups is 2. The second kappa shape index (κ2) is 13.6. The number of ether oxygens (including phenoxy) is 1. The van der Waals surface area contributed by atoms with E-state index in [0.717, 1.165) is 34.5 Å². The van der Waals surface area contributed by atoms with Crippen LogP contribution in [0.15, 0.2) is 91.3 Å². The summed E-state index contributed by atoms with van der Waals surface area (Å²) >= 11 is 0. The number of nitrogens with one attached hydrogen (secondary N) is 2. The van der Waals surface area contributed by atoms with Gasteiger partial charge in [-0.05, 0) is 79.1 Å². The van der Waals surface area contributed by atoms with E-state index in [-0.39, 0.29) is 41.7 Å². The highest BCUT2D eigenvalue weighted by molar-refractivity contribution is 5.96. The number of aliphatic hydroxyl groups excluding tert-OH is 1. The Hall–Kier alpha value is -5.22. The van der Waals surface area contributed by atoms with E-state index in [9.17, 15) is 14.0 Å². The lowest BCUT2D eigenvalue weighted by molar-refractivity contribution is 0.0887.